The van der Waals surface area contributed by atoms with Gasteiger partial charge in [-0.05, 0) is 6.07 Å². The lowest BCUT2D eigenvalue weighted by molar-refractivity contribution is -0.133. The maximum absolute atomic E-state index is 12.5. The van der Waals surface area contributed by atoms with Crippen molar-refractivity contribution in [3.8, 4) is 0 Å². The second-order valence-corrected chi connectivity index (χ2v) is 5.93. The average molecular weight is 386 g/mol. The molecule has 2 aromatic rings. The molecule has 0 aliphatic carbocycles. The van der Waals surface area contributed by atoms with E-state index in [4.69, 9.17) is 0 Å². The fourth-order valence-corrected chi connectivity index (χ4v) is 2.86. The van der Waals surface area contributed by atoms with E-state index in [1.807, 2.05) is 54.6 Å². The number of anilines is 1. The largest absolute Gasteiger partial charge is 0.313 e. The number of fused-ring (bicyclic) bond motifs is 1. The molecule has 0 aromatic heterocycles. The highest BCUT2D eigenvalue weighted by Crippen LogP contribution is 2.25. The van der Waals surface area contributed by atoms with E-state index in [0.717, 1.165) is 16.8 Å². The van der Waals surface area contributed by atoms with Crippen LogP contribution in [0.4, 0.5) is 5.69 Å². The van der Waals surface area contributed by atoms with Gasteiger partial charge in [0.05, 0.1) is 11.0 Å². The van der Waals surface area contributed by atoms with Gasteiger partial charge < -0.3 is 4.90 Å². The fraction of sp³-hybridized carbons (Fsp3) is 0.167. The standard InChI is InChI=1S/C18H16BrN3O2/c1-21-15-10-6-5-9-14(15)18(13-7-3-2-4-8-13)20-22(12-17(21)24)16(23)11-19/h2-10H,11-12H2,1H3. The van der Waals surface area contributed by atoms with Crippen LogP contribution in [0.3, 0.4) is 0 Å². The molecule has 0 unspecified atom stereocenters. The van der Waals surface area contributed by atoms with Gasteiger partial charge in [-0.25, -0.2) is 5.01 Å². The molecule has 2 aromatic carbocycles. The summed E-state index contributed by atoms with van der Waals surface area (Å²) < 4.78 is 0. The molecule has 24 heavy (non-hydrogen) atoms. The van der Waals surface area contributed by atoms with Crippen LogP contribution in [0, 0.1) is 0 Å². The number of para-hydroxylation sites is 1. The van der Waals surface area contributed by atoms with Crippen LogP contribution in [0.1, 0.15) is 11.1 Å². The van der Waals surface area contributed by atoms with Crippen molar-refractivity contribution < 1.29 is 9.59 Å². The van der Waals surface area contributed by atoms with Crippen molar-refractivity contribution in [2.45, 2.75) is 0 Å². The van der Waals surface area contributed by atoms with Crippen molar-refractivity contribution >= 4 is 39.1 Å². The lowest BCUT2D eigenvalue weighted by Gasteiger charge is -2.28. The van der Waals surface area contributed by atoms with Crippen LogP contribution in [0.25, 0.3) is 0 Å². The van der Waals surface area contributed by atoms with Gasteiger partial charge in [-0.15, -0.1) is 0 Å². The van der Waals surface area contributed by atoms with Crippen LogP contribution in [-0.4, -0.2) is 41.5 Å². The number of carbonyl (C=O) groups is 2. The topological polar surface area (TPSA) is 53.0 Å². The summed E-state index contributed by atoms with van der Waals surface area (Å²) in [5.74, 6) is -0.447. The van der Waals surface area contributed by atoms with Crippen molar-refractivity contribution in [3.05, 3.63) is 65.7 Å². The molecule has 0 radical (unpaired) electrons. The monoisotopic (exact) mass is 385 g/mol. The smallest absolute Gasteiger partial charge is 0.253 e. The predicted octanol–water partition coefficient (Wildman–Crippen LogP) is 2.64. The van der Waals surface area contributed by atoms with Crippen LogP contribution in [0.5, 0.6) is 0 Å². The summed E-state index contributed by atoms with van der Waals surface area (Å²) >= 11 is 3.15. The summed E-state index contributed by atoms with van der Waals surface area (Å²) in [7, 11) is 1.71. The molecule has 0 fully saturated rings. The van der Waals surface area contributed by atoms with E-state index in [-0.39, 0.29) is 23.7 Å². The van der Waals surface area contributed by atoms with Gasteiger partial charge in [-0.1, -0.05) is 64.5 Å². The zero-order valence-electron chi connectivity index (χ0n) is 13.1. The highest BCUT2D eigenvalue weighted by Gasteiger charge is 2.26. The van der Waals surface area contributed by atoms with E-state index in [2.05, 4.69) is 21.0 Å². The van der Waals surface area contributed by atoms with Crippen molar-refractivity contribution in [2.75, 3.05) is 23.8 Å². The highest BCUT2D eigenvalue weighted by molar-refractivity contribution is 9.09. The Labute approximate surface area is 148 Å². The van der Waals surface area contributed by atoms with Gasteiger partial charge >= 0.3 is 0 Å². The number of benzene rings is 2. The molecule has 1 heterocycles. The minimum atomic E-state index is -0.260. The fourth-order valence-electron chi connectivity index (χ4n) is 2.57. The van der Waals surface area contributed by atoms with Crippen molar-refractivity contribution in [1.29, 1.82) is 0 Å². The van der Waals surface area contributed by atoms with Crippen LogP contribution >= 0.6 is 15.9 Å². The molecule has 0 saturated carbocycles. The van der Waals surface area contributed by atoms with Crippen molar-refractivity contribution in [3.63, 3.8) is 0 Å². The third-order valence-electron chi connectivity index (χ3n) is 3.85. The number of hydrogen-bond acceptors (Lipinski definition) is 3. The molecule has 0 spiro atoms. The number of halogens is 1. The normalized spacial score (nSPS) is 14.6. The Hall–Kier alpha value is -2.47. The molecule has 5 nitrogen and oxygen atoms in total. The van der Waals surface area contributed by atoms with Crippen LogP contribution in [0.2, 0.25) is 0 Å². The van der Waals surface area contributed by atoms with E-state index in [9.17, 15) is 9.59 Å². The summed E-state index contributed by atoms with van der Waals surface area (Å²) in [4.78, 5) is 26.2. The Morgan fingerprint density at radius 1 is 1.12 bits per heavy atom. The summed E-state index contributed by atoms with van der Waals surface area (Å²) in [5.41, 5.74) is 3.14. The lowest BCUT2D eigenvalue weighted by atomic mass is 10.00. The number of hydrogen-bond donors (Lipinski definition) is 0. The summed E-state index contributed by atoms with van der Waals surface area (Å²) in [6.07, 6.45) is 0. The number of carbonyl (C=O) groups excluding carboxylic acids is 2. The number of hydrazone groups is 1. The first-order valence-corrected chi connectivity index (χ1v) is 8.60. The second kappa shape index (κ2) is 6.97. The molecule has 0 atom stereocenters. The summed E-state index contributed by atoms with van der Waals surface area (Å²) in [6.45, 7) is -0.0917. The third kappa shape index (κ3) is 3.10. The first-order chi connectivity index (χ1) is 11.6. The van der Waals surface area contributed by atoms with Crippen molar-refractivity contribution in [1.82, 2.24) is 5.01 Å². The van der Waals surface area contributed by atoms with Crippen LogP contribution in [0.15, 0.2) is 59.7 Å². The second-order valence-electron chi connectivity index (χ2n) is 5.37. The third-order valence-corrected chi connectivity index (χ3v) is 4.33. The number of nitrogens with zero attached hydrogens (tertiary/aromatic N) is 3. The molecular weight excluding hydrogens is 370 g/mol. The minimum Gasteiger partial charge on any atom is -0.313 e. The lowest BCUT2D eigenvalue weighted by Crippen LogP contribution is -2.42. The quantitative estimate of drug-likeness (QED) is 0.746. The highest BCUT2D eigenvalue weighted by atomic mass is 79.9. The maximum Gasteiger partial charge on any atom is 0.253 e. The van der Waals surface area contributed by atoms with E-state index in [1.165, 1.54) is 5.01 Å². The molecule has 0 saturated heterocycles. The van der Waals surface area contributed by atoms with Gasteiger partial charge in [0.2, 0.25) is 5.91 Å². The summed E-state index contributed by atoms with van der Waals surface area (Å²) in [5, 5.41) is 5.86. The molecule has 122 valence electrons. The van der Waals surface area contributed by atoms with E-state index in [1.54, 1.807) is 11.9 Å². The van der Waals surface area contributed by atoms with Crippen LogP contribution < -0.4 is 4.90 Å². The first-order valence-electron chi connectivity index (χ1n) is 7.48. The Balaban J connectivity index is 2.23. The van der Waals surface area contributed by atoms with Gasteiger partial charge in [0.25, 0.3) is 5.91 Å². The van der Waals surface area contributed by atoms with Gasteiger partial charge in [0.1, 0.15) is 12.3 Å². The first kappa shape index (κ1) is 16.4. The van der Waals surface area contributed by atoms with Crippen molar-refractivity contribution in [2.24, 2.45) is 5.10 Å². The van der Waals surface area contributed by atoms with E-state index >= 15 is 0 Å². The van der Waals surface area contributed by atoms with Crippen LogP contribution in [-0.2, 0) is 9.59 Å². The zero-order chi connectivity index (χ0) is 17.1. The predicted molar refractivity (Wildman–Crippen MR) is 97.4 cm³/mol. The van der Waals surface area contributed by atoms with Gasteiger partial charge in [0.15, 0.2) is 0 Å². The van der Waals surface area contributed by atoms with Gasteiger partial charge in [-0.2, -0.15) is 5.10 Å². The Bertz CT molecular complexity index is 805. The van der Waals surface area contributed by atoms with E-state index in [0.29, 0.717) is 5.71 Å². The molecule has 0 bridgehead atoms. The molecule has 2 amide bonds. The van der Waals surface area contributed by atoms with Gasteiger partial charge in [0, 0.05) is 18.2 Å². The Morgan fingerprint density at radius 2 is 1.79 bits per heavy atom. The van der Waals surface area contributed by atoms with Gasteiger partial charge in [-0.3, -0.25) is 9.59 Å². The molecule has 6 heteroatoms. The van der Waals surface area contributed by atoms with E-state index < -0.39 is 0 Å². The number of alkyl halides is 1. The SMILES string of the molecule is CN1C(=O)CN(C(=O)CBr)N=C(c2ccccc2)c2ccccc21. The molecule has 1 aliphatic rings. The summed E-state index contributed by atoms with van der Waals surface area (Å²) in [6, 6.07) is 17.2. The average Bonchev–Trinajstić information content (AvgIpc) is 2.63. The molecule has 3 rings (SSSR count). The zero-order valence-corrected chi connectivity index (χ0v) is 14.7. The Kier molecular flexibility index (Phi) is 4.76. The maximum atomic E-state index is 12.5. The number of rotatable bonds is 2. The molecule has 0 N–H and O–H groups in total. The number of amides is 2. The minimum absolute atomic E-state index is 0.0917. The number of likely N-dealkylation sites (N-methyl/N-ethyl adjacent to an activating group) is 1. The Morgan fingerprint density at radius 3 is 2.50 bits per heavy atom. The molecular formula is C18H16BrN3O2. The molecule has 1 aliphatic heterocycles.